The average Bonchev–Trinajstić information content (AvgIpc) is 2.30. The van der Waals surface area contributed by atoms with Crippen LogP contribution >= 0.6 is 0 Å². The van der Waals surface area contributed by atoms with Crippen LogP contribution in [0.15, 0.2) is 0 Å². The summed E-state index contributed by atoms with van der Waals surface area (Å²) in [6.07, 6.45) is 7.69. The van der Waals surface area contributed by atoms with Crippen LogP contribution in [0.1, 0.15) is 38.5 Å². The molecular formula is C12H24N3O+. The van der Waals surface area contributed by atoms with Gasteiger partial charge >= 0.3 is 0 Å². The summed E-state index contributed by atoms with van der Waals surface area (Å²) in [5, 5.41) is 2.51. The van der Waals surface area contributed by atoms with Gasteiger partial charge in [0.15, 0.2) is 6.54 Å². The number of piperidine rings is 2. The Morgan fingerprint density at radius 1 is 1.00 bits per heavy atom. The number of primary amides is 1. The number of quaternary nitrogens is 1. The molecule has 0 aromatic carbocycles. The van der Waals surface area contributed by atoms with Crippen molar-refractivity contribution in [2.45, 2.75) is 38.5 Å². The van der Waals surface area contributed by atoms with E-state index in [1.807, 2.05) is 0 Å². The molecule has 2 heterocycles. The van der Waals surface area contributed by atoms with Crippen molar-refractivity contribution in [1.82, 2.24) is 5.01 Å². The maximum atomic E-state index is 11.3. The number of likely N-dealkylation sites (tertiary alicyclic amines) is 1. The van der Waals surface area contributed by atoms with Gasteiger partial charge in [0.1, 0.15) is 0 Å². The van der Waals surface area contributed by atoms with Crippen molar-refractivity contribution >= 4 is 5.91 Å². The van der Waals surface area contributed by atoms with Gasteiger partial charge < -0.3 is 5.73 Å². The van der Waals surface area contributed by atoms with Crippen LogP contribution in [0.25, 0.3) is 0 Å². The monoisotopic (exact) mass is 226 g/mol. The third kappa shape index (κ3) is 2.55. The first kappa shape index (κ1) is 11.9. The fourth-order valence-electron chi connectivity index (χ4n) is 3.23. The van der Waals surface area contributed by atoms with E-state index in [1.165, 1.54) is 38.5 Å². The SMILES string of the molecule is NC(=O)C[N+]1(N2CCCCC2)CCCCC1. The summed E-state index contributed by atoms with van der Waals surface area (Å²) in [4.78, 5) is 11.3. The number of carbonyl (C=O) groups excluding carboxylic acids is 1. The maximum absolute atomic E-state index is 11.3. The van der Waals surface area contributed by atoms with Gasteiger partial charge in [-0.2, -0.15) is 5.01 Å². The Bertz CT molecular complexity index is 243. The molecule has 0 unspecified atom stereocenters. The first-order chi connectivity index (χ1) is 7.73. The standard InChI is InChI=1S/C12H23N3O/c13-12(16)11-15(9-5-2-6-10-15)14-7-3-1-4-8-14/h1-11H2,(H-,13,16)/p+1. The van der Waals surface area contributed by atoms with Crippen LogP contribution in [0, 0.1) is 0 Å². The highest BCUT2D eigenvalue weighted by Gasteiger charge is 2.38. The Kier molecular flexibility index (Phi) is 3.82. The van der Waals surface area contributed by atoms with E-state index in [2.05, 4.69) is 5.01 Å². The first-order valence-corrected chi connectivity index (χ1v) is 6.63. The van der Waals surface area contributed by atoms with Crippen molar-refractivity contribution in [2.75, 3.05) is 32.7 Å². The predicted octanol–water partition coefficient (Wildman–Crippen LogP) is 0.873. The second kappa shape index (κ2) is 5.15. The molecule has 2 aliphatic rings. The molecule has 2 fully saturated rings. The van der Waals surface area contributed by atoms with E-state index in [4.69, 9.17) is 5.73 Å². The highest BCUT2D eigenvalue weighted by Crippen LogP contribution is 2.25. The Balaban J connectivity index is 2.07. The minimum Gasteiger partial charge on any atom is -0.365 e. The van der Waals surface area contributed by atoms with E-state index in [-0.39, 0.29) is 5.91 Å². The van der Waals surface area contributed by atoms with Crippen LogP contribution in [-0.2, 0) is 4.79 Å². The molecule has 2 rings (SSSR count). The van der Waals surface area contributed by atoms with Crippen LogP contribution in [0.5, 0.6) is 0 Å². The summed E-state index contributed by atoms with van der Waals surface area (Å²) in [6, 6.07) is 0. The van der Waals surface area contributed by atoms with Crippen molar-refractivity contribution < 1.29 is 9.39 Å². The third-order valence-corrected chi connectivity index (χ3v) is 4.03. The van der Waals surface area contributed by atoms with Crippen LogP contribution in [0.3, 0.4) is 0 Å². The molecule has 0 radical (unpaired) electrons. The molecule has 1 amide bonds. The van der Waals surface area contributed by atoms with Crippen molar-refractivity contribution in [3.63, 3.8) is 0 Å². The fraction of sp³-hybridized carbons (Fsp3) is 0.917. The number of hydrogen-bond acceptors (Lipinski definition) is 2. The molecule has 16 heavy (non-hydrogen) atoms. The normalized spacial score (nSPS) is 26.5. The largest absolute Gasteiger partial charge is 0.365 e. The number of nitrogens with zero attached hydrogens (tertiary/aromatic N) is 2. The Morgan fingerprint density at radius 3 is 2.12 bits per heavy atom. The van der Waals surface area contributed by atoms with Gasteiger partial charge in [-0.3, -0.25) is 4.79 Å². The van der Waals surface area contributed by atoms with Gasteiger partial charge in [0.05, 0.1) is 13.1 Å². The number of carbonyl (C=O) groups is 1. The topological polar surface area (TPSA) is 46.3 Å². The lowest BCUT2D eigenvalue weighted by atomic mass is 10.1. The summed E-state index contributed by atoms with van der Waals surface area (Å²) in [7, 11) is 0. The van der Waals surface area contributed by atoms with Gasteiger partial charge in [0.25, 0.3) is 5.91 Å². The molecule has 0 saturated carbocycles. The van der Waals surface area contributed by atoms with Gasteiger partial charge in [-0.05, 0) is 32.1 Å². The van der Waals surface area contributed by atoms with Crippen LogP contribution in [-0.4, -0.2) is 48.2 Å². The minimum atomic E-state index is -0.146. The highest BCUT2D eigenvalue weighted by molar-refractivity contribution is 5.74. The Labute approximate surface area is 97.9 Å². The van der Waals surface area contributed by atoms with E-state index in [0.717, 1.165) is 30.8 Å². The summed E-state index contributed by atoms with van der Waals surface area (Å²) in [5.74, 6) is -0.146. The third-order valence-electron chi connectivity index (χ3n) is 4.03. The highest BCUT2D eigenvalue weighted by atomic mass is 16.1. The molecule has 0 spiro atoms. The fourth-order valence-corrected chi connectivity index (χ4v) is 3.23. The molecule has 4 heteroatoms. The van der Waals surface area contributed by atoms with E-state index in [0.29, 0.717) is 6.54 Å². The smallest absolute Gasteiger partial charge is 0.274 e. The maximum Gasteiger partial charge on any atom is 0.274 e. The predicted molar refractivity (Wildman–Crippen MR) is 63.3 cm³/mol. The van der Waals surface area contributed by atoms with E-state index < -0.39 is 0 Å². The second-order valence-electron chi connectivity index (χ2n) is 5.24. The van der Waals surface area contributed by atoms with Crippen LogP contribution < -0.4 is 5.73 Å². The van der Waals surface area contributed by atoms with E-state index in [1.54, 1.807) is 0 Å². The van der Waals surface area contributed by atoms with Gasteiger partial charge in [-0.25, -0.2) is 4.59 Å². The van der Waals surface area contributed by atoms with Gasteiger partial charge in [0, 0.05) is 13.1 Å². The van der Waals surface area contributed by atoms with Crippen molar-refractivity contribution in [3.05, 3.63) is 0 Å². The van der Waals surface area contributed by atoms with Crippen molar-refractivity contribution in [3.8, 4) is 0 Å². The lowest BCUT2D eigenvalue weighted by Gasteiger charge is -2.48. The molecule has 2 saturated heterocycles. The molecule has 0 aromatic rings. The molecule has 0 aliphatic carbocycles. The molecule has 0 aromatic heterocycles. The van der Waals surface area contributed by atoms with Crippen LogP contribution in [0.4, 0.5) is 0 Å². The zero-order valence-corrected chi connectivity index (χ0v) is 10.2. The zero-order valence-electron chi connectivity index (χ0n) is 10.2. The molecule has 92 valence electrons. The number of amides is 1. The van der Waals surface area contributed by atoms with E-state index in [9.17, 15) is 4.79 Å². The lowest BCUT2D eigenvalue weighted by Crippen LogP contribution is -2.66. The number of nitrogens with two attached hydrogens (primary N) is 1. The van der Waals surface area contributed by atoms with Gasteiger partial charge in [-0.15, -0.1) is 0 Å². The second-order valence-corrected chi connectivity index (χ2v) is 5.24. The summed E-state index contributed by atoms with van der Waals surface area (Å²) in [5.41, 5.74) is 5.43. The molecule has 2 N–H and O–H groups in total. The Morgan fingerprint density at radius 2 is 1.56 bits per heavy atom. The number of hydrogen-bond donors (Lipinski definition) is 1. The minimum absolute atomic E-state index is 0.146. The molecule has 2 aliphatic heterocycles. The number of rotatable bonds is 3. The summed E-state index contributed by atoms with van der Waals surface area (Å²) < 4.78 is 0.856. The quantitative estimate of drug-likeness (QED) is 0.726. The van der Waals surface area contributed by atoms with Gasteiger partial charge in [-0.1, -0.05) is 6.42 Å². The summed E-state index contributed by atoms with van der Waals surface area (Å²) >= 11 is 0. The van der Waals surface area contributed by atoms with Gasteiger partial charge in [0.2, 0.25) is 0 Å². The van der Waals surface area contributed by atoms with Crippen molar-refractivity contribution in [1.29, 1.82) is 0 Å². The Hall–Kier alpha value is -0.610. The van der Waals surface area contributed by atoms with Crippen molar-refractivity contribution in [2.24, 2.45) is 5.73 Å². The first-order valence-electron chi connectivity index (χ1n) is 6.63. The van der Waals surface area contributed by atoms with E-state index >= 15 is 0 Å². The molecule has 0 atom stereocenters. The molecule has 0 bridgehead atoms. The lowest BCUT2D eigenvalue weighted by molar-refractivity contribution is -1.03. The molecule has 4 nitrogen and oxygen atoms in total. The van der Waals surface area contributed by atoms with Crippen LogP contribution in [0.2, 0.25) is 0 Å². The molecular weight excluding hydrogens is 202 g/mol. The zero-order chi connectivity index (χ0) is 11.4. The summed E-state index contributed by atoms with van der Waals surface area (Å²) in [6.45, 7) is 5.03. The average molecular weight is 226 g/mol.